The molecule has 0 aromatic heterocycles. The molecule has 0 saturated heterocycles. The molecule has 0 aromatic carbocycles. The molecule has 12 nitrogen and oxygen atoms in total. The van der Waals surface area contributed by atoms with Crippen LogP contribution in [0.2, 0.25) is 0 Å². The minimum absolute atomic E-state index is 0. The zero-order valence-electron chi connectivity index (χ0n) is 29.4. The van der Waals surface area contributed by atoms with E-state index in [2.05, 4.69) is 13.2 Å². The Morgan fingerprint density at radius 1 is 0.574 bits per heavy atom. The number of carbonyl (C=O) groups is 4. The van der Waals surface area contributed by atoms with Crippen LogP contribution >= 0.6 is 0 Å². The van der Waals surface area contributed by atoms with E-state index in [0.29, 0.717) is 25.9 Å². The summed E-state index contributed by atoms with van der Waals surface area (Å²) in [6, 6.07) is -3.93. The average Bonchev–Trinajstić information content (AvgIpc) is 3.00. The molecule has 4 N–H and O–H groups in total. The maximum Gasteiger partial charge on any atom is 2.00 e. The van der Waals surface area contributed by atoms with Gasteiger partial charge in [0, 0.05) is 25.7 Å². The number of hydrogen-bond acceptors (Lipinski definition) is 8. The summed E-state index contributed by atoms with van der Waals surface area (Å²) in [5.41, 5.74) is 0. The molecule has 268 valence electrons. The van der Waals surface area contributed by atoms with Gasteiger partial charge < -0.3 is 40.2 Å². The van der Waals surface area contributed by atoms with E-state index >= 15 is 0 Å². The second kappa shape index (κ2) is 28.3. The second-order valence-electron chi connectivity index (χ2n) is 11.9. The molecule has 0 heterocycles. The molecule has 6 unspecified atom stereocenters. The van der Waals surface area contributed by atoms with E-state index in [0.717, 1.165) is 51.4 Å². The largest absolute Gasteiger partial charge is 2.00 e. The van der Waals surface area contributed by atoms with Crippen LogP contribution in [0.4, 0.5) is 0 Å². The third kappa shape index (κ3) is 16.1. The molecule has 0 fully saturated rings. The molecule has 6 atom stereocenters. The van der Waals surface area contributed by atoms with Gasteiger partial charge in [-0.25, -0.2) is 9.59 Å². The second-order valence-corrected chi connectivity index (χ2v) is 11.9. The van der Waals surface area contributed by atoms with Gasteiger partial charge in [-0.2, -0.15) is 0 Å². The first kappa shape index (κ1) is 49.8. The van der Waals surface area contributed by atoms with E-state index < -0.39 is 61.5 Å². The molecular weight excluding hydrogens is 636 g/mol. The van der Waals surface area contributed by atoms with E-state index in [1.807, 2.05) is 12.2 Å². The molecule has 0 aliphatic carbocycles. The molecule has 0 spiro atoms. The molecule has 0 aliphatic heterocycles. The van der Waals surface area contributed by atoms with Gasteiger partial charge in [0.2, 0.25) is 0 Å². The third-order valence-electron chi connectivity index (χ3n) is 9.14. The molecule has 0 aromatic rings. The number of aliphatic hydroxyl groups is 2. The van der Waals surface area contributed by atoms with Crippen molar-refractivity contribution in [2.75, 3.05) is 26.6 Å². The number of aliphatic carboxylic acids is 4. The quantitative estimate of drug-likeness (QED) is 0.0309. The van der Waals surface area contributed by atoms with Gasteiger partial charge >= 0.3 is 49.7 Å². The zero-order chi connectivity index (χ0) is 35.8. The maximum absolute atomic E-state index is 11.6. The number of hydrogen-bond donors (Lipinski definition) is 4. The van der Waals surface area contributed by atoms with Crippen LogP contribution in [0, 0.1) is 0 Å². The summed E-state index contributed by atoms with van der Waals surface area (Å²) in [7, 11) is 0. The van der Waals surface area contributed by atoms with E-state index in [-0.39, 0.29) is 72.4 Å². The molecule has 0 saturated carbocycles. The standard InChI is InChI=1S/2C17H31NO5.Ca/c2*1-4-7-8-9-10-11-12-18(13-19,14(5-2)16(20)21)15(6-3)17(22)23;/h2*4,14-15,19H,1,5-13H2,2-3H3,(H-,20,21,22,23);/q;;+2. The Morgan fingerprint density at radius 3 is 1.04 bits per heavy atom. The van der Waals surface area contributed by atoms with Gasteiger partial charge in [-0.3, -0.25) is 8.97 Å². The maximum atomic E-state index is 11.6. The van der Waals surface area contributed by atoms with Crippen LogP contribution in [0.15, 0.2) is 25.3 Å². The number of unbranched alkanes of at least 4 members (excludes halogenated alkanes) is 8. The summed E-state index contributed by atoms with van der Waals surface area (Å²) in [5, 5.41) is 61.8. The van der Waals surface area contributed by atoms with Crippen molar-refractivity contribution < 1.29 is 58.8 Å². The van der Waals surface area contributed by atoms with Crippen molar-refractivity contribution in [3.05, 3.63) is 25.3 Å². The van der Waals surface area contributed by atoms with Crippen LogP contribution in [0.1, 0.15) is 118 Å². The van der Waals surface area contributed by atoms with Crippen LogP contribution < -0.4 is 10.2 Å². The minimum atomic E-state index is -1.30. The Bertz CT molecular complexity index is 801. The van der Waals surface area contributed by atoms with Crippen molar-refractivity contribution in [3.63, 3.8) is 0 Å². The number of nitrogens with zero attached hydrogens (tertiary/aromatic N) is 2. The summed E-state index contributed by atoms with van der Waals surface area (Å²) in [6.45, 7) is 13.7. The Labute approximate surface area is 312 Å². The summed E-state index contributed by atoms with van der Waals surface area (Å²) in [4.78, 5) is 46.2. The fraction of sp³-hybridized carbons (Fsp3) is 0.765. The van der Waals surface area contributed by atoms with Crippen molar-refractivity contribution in [2.45, 2.75) is 142 Å². The summed E-state index contributed by atoms with van der Waals surface area (Å²) >= 11 is 0. The molecule has 0 radical (unpaired) electrons. The fourth-order valence-electron chi connectivity index (χ4n) is 6.69. The number of aliphatic hydroxyl groups excluding tert-OH is 2. The van der Waals surface area contributed by atoms with Crippen LogP contribution in [-0.2, 0) is 19.2 Å². The van der Waals surface area contributed by atoms with Gasteiger partial charge in [0.05, 0.1) is 25.0 Å². The zero-order valence-corrected chi connectivity index (χ0v) is 31.7. The first-order valence-corrected chi connectivity index (χ1v) is 16.9. The molecule has 0 rings (SSSR count). The molecule has 0 bridgehead atoms. The fourth-order valence-corrected chi connectivity index (χ4v) is 6.69. The van der Waals surface area contributed by atoms with E-state index in [1.54, 1.807) is 27.7 Å². The van der Waals surface area contributed by atoms with Crippen LogP contribution in [0.5, 0.6) is 0 Å². The minimum Gasteiger partial charge on any atom is -0.544 e. The smallest absolute Gasteiger partial charge is 0.544 e. The van der Waals surface area contributed by atoms with Gasteiger partial charge in [-0.15, -0.1) is 13.2 Å². The van der Waals surface area contributed by atoms with Gasteiger partial charge in [0.1, 0.15) is 12.1 Å². The van der Waals surface area contributed by atoms with Crippen LogP contribution in [0.3, 0.4) is 0 Å². The SMILES string of the molecule is C=CCCCCCC[N+](CO)(C(CC)C(=O)[O-])C(CC)C(=O)O.C=CCCCCCC[N+](CO)(C(CC)C(=O)[O-])C(CC)C(=O)O.[Ca+2]. The average molecular weight is 699 g/mol. The Hall–Kier alpha value is -1.54. The van der Waals surface area contributed by atoms with Gasteiger partial charge in [0.15, 0.2) is 25.5 Å². The summed E-state index contributed by atoms with van der Waals surface area (Å²) < 4.78 is -0.710. The van der Waals surface area contributed by atoms with E-state index in [4.69, 9.17) is 0 Å². The van der Waals surface area contributed by atoms with Crippen molar-refractivity contribution in [2.24, 2.45) is 0 Å². The number of allylic oxidation sites excluding steroid dienone is 2. The van der Waals surface area contributed by atoms with Crippen molar-refractivity contribution in [3.8, 4) is 0 Å². The Kier molecular flexibility index (Phi) is 30.0. The van der Waals surface area contributed by atoms with E-state index in [9.17, 15) is 49.8 Å². The Balaban J connectivity index is -0.000000807. The molecule has 13 heteroatoms. The molecule has 0 amide bonds. The van der Waals surface area contributed by atoms with Gasteiger partial charge in [-0.1, -0.05) is 52.7 Å². The number of carboxylic acids is 4. The van der Waals surface area contributed by atoms with Crippen molar-refractivity contribution >= 4 is 61.6 Å². The van der Waals surface area contributed by atoms with Gasteiger partial charge in [0.25, 0.3) is 0 Å². The van der Waals surface area contributed by atoms with Crippen LogP contribution in [0.25, 0.3) is 0 Å². The van der Waals surface area contributed by atoms with Crippen molar-refractivity contribution in [1.82, 2.24) is 0 Å². The predicted octanol–water partition coefficient (Wildman–Crippen LogP) is 2.18. The van der Waals surface area contributed by atoms with Crippen molar-refractivity contribution in [1.29, 1.82) is 0 Å². The molecule has 47 heavy (non-hydrogen) atoms. The Morgan fingerprint density at radius 2 is 0.851 bits per heavy atom. The topological polar surface area (TPSA) is 195 Å². The van der Waals surface area contributed by atoms with Crippen LogP contribution in [-0.4, -0.2) is 142 Å². The first-order chi connectivity index (χ1) is 21.8. The normalized spacial score (nSPS) is 16.0. The third-order valence-corrected chi connectivity index (χ3v) is 9.14. The predicted molar refractivity (Wildman–Crippen MR) is 178 cm³/mol. The first-order valence-electron chi connectivity index (χ1n) is 16.9. The number of carboxylic acid groups (broad SMARTS) is 4. The summed E-state index contributed by atoms with van der Waals surface area (Å²) in [5.74, 6) is -4.75. The van der Waals surface area contributed by atoms with Gasteiger partial charge in [-0.05, 0) is 51.4 Å². The summed E-state index contributed by atoms with van der Waals surface area (Å²) in [6.07, 6.45) is 13.6. The number of quaternary nitrogens is 2. The molecular formula is C34H62CaN2O10+2. The molecule has 0 aliphatic rings. The monoisotopic (exact) mass is 698 g/mol. The van der Waals surface area contributed by atoms with E-state index in [1.165, 1.54) is 0 Å². The number of carbonyl (C=O) groups excluding carboxylic acids is 2. The number of rotatable bonds is 28.